The molecule has 1 aliphatic rings. The van der Waals surface area contributed by atoms with Crippen molar-refractivity contribution in [3.05, 3.63) is 52.0 Å². The van der Waals surface area contributed by atoms with Crippen molar-refractivity contribution >= 4 is 60.7 Å². The highest BCUT2D eigenvalue weighted by Crippen LogP contribution is 2.55. The Morgan fingerprint density at radius 3 is 1.96 bits per heavy atom. The van der Waals surface area contributed by atoms with E-state index in [0.717, 1.165) is 29.2 Å². The van der Waals surface area contributed by atoms with Crippen LogP contribution in [0, 0.1) is 0 Å². The average Bonchev–Trinajstić information content (AvgIpc) is 2.96. The number of benzene rings is 2. The molecule has 2 aromatic rings. The van der Waals surface area contributed by atoms with E-state index in [1.807, 2.05) is 5.32 Å². The molecule has 2 aromatic carbocycles. The van der Waals surface area contributed by atoms with Gasteiger partial charge in [0.1, 0.15) is 0 Å². The molecule has 3 rings (SSSR count). The zero-order valence-electron chi connectivity index (χ0n) is 23.5. The molecule has 1 heterocycles. The molecule has 0 unspecified atom stereocenters. The van der Waals surface area contributed by atoms with Crippen LogP contribution in [0.4, 0.5) is 64.1 Å². The average molecular weight is 809 g/mol. The van der Waals surface area contributed by atoms with Crippen LogP contribution in [0.1, 0.15) is 15.9 Å². The predicted octanol–water partition coefficient (Wildman–Crippen LogP) is 5.93. The van der Waals surface area contributed by atoms with Gasteiger partial charge in [0.15, 0.2) is 5.75 Å². The highest BCUT2D eigenvalue weighted by Gasteiger charge is 2.73. The van der Waals surface area contributed by atoms with Crippen LogP contribution in [0.5, 0.6) is 5.75 Å². The Bertz CT molecular complexity index is 1750. The molecule has 0 aliphatic carbocycles. The van der Waals surface area contributed by atoms with E-state index in [4.69, 9.17) is 0 Å². The molecule has 0 saturated carbocycles. The van der Waals surface area contributed by atoms with Gasteiger partial charge in [-0.05, 0) is 46.3 Å². The lowest BCUT2D eigenvalue weighted by molar-refractivity contribution is -0.348. The minimum Gasteiger partial charge on any atom is -0.433 e. The van der Waals surface area contributed by atoms with Crippen LogP contribution >= 0.6 is 15.9 Å². The molecule has 4 amide bonds. The first kappa shape index (κ1) is 39.3. The summed E-state index contributed by atoms with van der Waals surface area (Å²) in [5, 5.41) is 3.97. The van der Waals surface area contributed by atoms with Gasteiger partial charge in [0.25, 0.3) is 5.91 Å². The van der Waals surface area contributed by atoms with E-state index in [9.17, 15) is 76.1 Å². The Morgan fingerprint density at radius 2 is 1.45 bits per heavy atom. The van der Waals surface area contributed by atoms with Crippen molar-refractivity contribution in [1.82, 2.24) is 4.90 Å². The number of halogens is 13. The number of alkyl halides is 12. The normalized spacial score (nSPS) is 15.4. The van der Waals surface area contributed by atoms with Crippen LogP contribution in [0.25, 0.3) is 0 Å². The van der Waals surface area contributed by atoms with Crippen molar-refractivity contribution in [2.75, 3.05) is 35.2 Å². The molecule has 270 valence electrons. The monoisotopic (exact) mass is 808 g/mol. The van der Waals surface area contributed by atoms with Crippen LogP contribution < -0.4 is 15.4 Å². The van der Waals surface area contributed by atoms with E-state index in [-0.39, 0.29) is 17.8 Å². The molecule has 0 radical (unpaired) electrons. The molecule has 0 aromatic heterocycles. The maximum absolute atomic E-state index is 14.6. The standard InChI is InChI=1S/C25H17BrF12N4O6S/c26-14-9-12(22(29,24(33,34)35)25(36,37)38)10-15(48-21(27)28)16(14)40-17(43)11-2-1-3-13(8-11)39-18(44)19(45)42-4-6-49(47,7-5-42)41-20(46)23(30,31)32/h1-3,8-10,21H,4-7H2,(H,39,44)(H,40,43). The minimum atomic E-state index is -6.62. The third-order valence-electron chi connectivity index (χ3n) is 6.40. The Labute approximate surface area is 274 Å². The molecule has 1 aliphatic heterocycles. The van der Waals surface area contributed by atoms with Crippen molar-refractivity contribution in [2.45, 2.75) is 30.8 Å². The SMILES string of the molecule is O=C(Nc1cccc(C(=O)Nc2c(Br)cc(C(F)(C(F)(F)F)C(F)(F)F)cc2OC(F)F)c1)C(=O)N1CCS(=O)(=NC(=O)C(F)(F)F)CC1. The lowest BCUT2D eigenvalue weighted by Gasteiger charge is -2.31. The zero-order valence-corrected chi connectivity index (χ0v) is 25.9. The summed E-state index contributed by atoms with van der Waals surface area (Å²) in [5.74, 6) is -9.38. The smallest absolute Gasteiger partial charge is 0.433 e. The first-order chi connectivity index (χ1) is 22.3. The molecule has 2 N–H and O–H groups in total. The number of carbonyl (C=O) groups excluding carboxylic acids is 4. The number of anilines is 2. The van der Waals surface area contributed by atoms with E-state index >= 15 is 0 Å². The van der Waals surface area contributed by atoms with E-state index < -0.39 is 116 Å². The molecule has 0 spiro atoms. The second kappa shape index (κ2) is 14.0. The summed E-state index contributed by atoms with van der Waals surface area (Å²) < 4.78 is 176. The topological polar surface area (TPSA) is 134 Å². The fourth-order valence-electron chi connectivity index (χ4n) is 4.05. The van der Waals surface area contributed by atoms with Gasteiger partial charge in [-0.3, -0.25) is 19.2 Å². The summed E-state index contributed by atoms with van der Waals surface area (Å²) in [7, 11) is -3.69. The van der Waals surface area contributed by atoms with E-state index in [1.165, 1.54) is 0 Å². The first-order valence-corrected chi connectivity index (χ1v) is 15.4. The Kier molecular flexibility index (Phi) is 11.3. The molecule has 49 heavy (non-hydrogen) atoms. The fourth-order valence-corrected chi connectivity index (χ4v) is 6.39. The maximum Gasteiger partial charge on any atom is 0.474 e. The second-order valence-electron chi connectivity index (χ2n) is 9.72. The Morgan fingerprint density at radius 1 is 0.878 bits per heavy atom. The molecule has 10 nitrogen and oxygen atoms in total. The molecular formula is C25H17BrF12N4O6S. The van der Waals surface area contributed by atoms with Gasteiger partial charge < -0.3 is 20.3 Å². The van der Waals surface area contributed by atoms with Crippen LogP contribution in [0.15, 0.2) is 45.2 Å². The lowest BCUT2D eigenvalue weighted by atomic mass is 9.93. The fraction of sp³-hybridized carbons (Fsp3) is 0.360. The van der Waals surface area contributed by atoms with Gasteiger partial charge >= 0.3 is 48.5 Å². The van der Waals surface area contributed by atoms with Crippen molar-refractivity contribution in [3.63, 3.8) is 0 Å². The van der Waals surface area contributed by atoms with Crippen LogP contribution in [-0.4, -0.2) is 82.5 Å². The summed E-state index contributed by atoms with van der Waals surface area (Å²) in [4.78, 5) is 49.8. The Hall–Kier alpha value is -4.09. The first-order valence-electron chi connectivity index (χ1n) is 12.8. The van der Waals surface area contributed by atoms with Crippen LogP contribution in [0.2, 0.25) is 0 Å². The van der Waals surface area contributed by atoms with Crippen molar-refractivity contribution in [2.24, 2.45) is 4.36 Å². The van der Waals surface area contributed by atoms with Gasteiger partial charge in [-0.1, -0.05) is 6.07 Å². The number of hydrogen-bond donors (Lipinski definition) is 2. The summed E-state index contributed by atoms with van der Waals surface area (Å²) in [6.45, 7) is -4.95. The third kappa shape index (κ3) is 8.93. The van der Waals surface area contributed by atoms with E-state index in [0.29, 0.717) is 0 Å². The van der Waals surface area contributed by atoms with Gasteiger partial charge in [-0.15, -0.1) is 0 Å². The second-order valence-corrected chi connectivity index (χ2v) is 13.1. The Balaban J connectivity index is 1.81. The summed E-state index contributed by atoms with van der Waals surface area (Å²) >= 11 is 2.51. The number of carbonyl (C=O) groups is 4. The molecule has 1 fully saturated rings. The van der Waals surface area contributed by atoms with Gasteiger partial charge in [-0.2, -0.15) is 52.7 Å². The van der Waals surface area contributed by atoms with Gasteiger partial charge in [0, 0.05) is 45.9 Å². The number of nitrogens with one attached hydrogen (secondary N) is 2. The number of ether oxygens (including phenoxy) is 1. The van der Waals surface area contributed by atoms with Gasteiger partial charge in [0.2, 0.25) is 0 Å². The van der Waals surface area contributed by atoms with Crippen molar-refractivity contribution in [3.8, 4) is 5.75 Å². The predicted molar refractivity (Wildman–Crippen MR) is 147 cm³/mol. The highest BCUT2D eigenvalue weighted by molar-refractivity contribution is 9.10. The van der Waals surface area contributed by atoms with E-state index in [2.05, 4.69) is 30.3 Å². The van der Waals surface area contributed by atoms with Crippen LogP contribution in [0.3, 0.4) is 0 Å². The number of amides is 4. The lowest BCUT2D eigenvalue weighted by Crippen LogP contribution is -2.50. The largest absolute Gasteiger partial charge is 0.474 e. The molecule has 0 atom stereocenters. The van der Waals surface area contributed by atoms with E-state index in [1.54, 1.807) is 0 Å². The zero-order chi connectivity index (χ0) is 37.3. The summed E-state index contributed by atoms with van der Waals surface area (Å²) in [6.07, 6.45) is -18.6. The number of nitrogens with zero attached hydrogens (tertiary/aromatic N) is 2. The van der Waals surface area contributed by atoms with Gasteiger partial charge in [0.05, 0.1) is 15.4 Å². The van der Waals surface area contributed by atoms with Gasteiger partial charge in [-0.25, -0.2) is 8.60 Å². The van der Waals surface area contributed by atoms with Crippen molar-refractivity contribution in [1.29, 1.82) is 0 Å². The third-order valence-corrected chi connectivity index (χ3v) is 9.17. The number of hydrogen-bond acceptors (Lipinski definition) is 6. The maximum atomic E-state index is 14.6. The summed E-state index contributed by atoms with van der Waals surface area (Å²) in [6, 6.07) is 3.72. The minimum absolute atomic E-state index is 0.0710. The quantitative estimate of drug-likeness (QED) is 0.275. The number of rotatable bonds is 6. The molecule has 1 saturated heterocycles. The van der Waals surface area contributed by atoms with Crippen molar-refractivity contribution < 1.29 is 80.8 Å². The molecule has 24 heteroatoms. The van der Waals surface area contributed by atoms with Crippen LogP contribution in [-0.2, 0) is 29.8 Å². The summed E-state index contributed by atoms with van der Waals surface area (Å²) in [5.41, 5.74) is -9.97. The highest BCUT2D eigenvalue weighted by atomic mass is 79.9. The molecular weight excluding hydrogens is 792 g/mol. The molecule has 0 bridgehead atoms.